The molecule has 1 fully saturated rings. The molecular formula is C19H24N2O2. The summed E-state index contributed by atoms with van der Waals surface area (Å²) in [7, 11) is 0. The quantitative estimate of drug-likeness (QED) is 0.853. The van der Waals surface area contributed by atoms with E-state index < -0.39 is 11.4 Å². The molecule has 0 radical (unpaired) electrons. The van der Waals surface area contributed by atoms with E-state index in [1.54, 1.807) is 0 Å². The maximum Gasteiger partial charge on any atom is 0.0997 e. The van der Waals surface area contributed by atoms with Crippen molar-refractivity contribution in [2.45, 2.75) is 39.2 Å². The van der Waals surface area contributed by atoms with E-state index in [1.165, 1.54) is 11.1 Å². The lowest BCUT2D eigenvalue weighted by Crippen LogP contribution is -2.47. The van der Waals surface area contributed by atoms with Crippen molar-refractivity contribution >= 4 is 5.97 Å². The van der Waals surface area contributed by atoms with E-state index in [1.807, 2.05) is 18.2 Å². The second kappa shape index (κ2) is 7.43. The number of quaternary nitrogens is 1. The number of carbonyl (C=O) groups is 1. The number of allylic oxidation sites excluding steroid dienone is 2. The zero-order valence-corrected chi connectivity index (χ0v) is 13.6. The van der Waals surface area contributed by atoms with Gasteiger partial charge in [0.1, 0.15) is 0 Å². The van der Waals surface area contributed by atoms with Gasteiger partial charge in [0.2, 0.25) is 0 Å². The number of benzene rings is 1. The van der Waals surface area contributed by atoms with Gasteiger partial charge in [-0.3, -0.25) is 0 Å². The summed E-state index contributed by atoms with van der Waals surface area (Å²) in [6, 6.07) is 12.4. The second-order valence-electron chi connectivity index (χ2n) is 6.42. The fourth-order valence-electron chi connectivity index (χ4n) is 3.69. The molecule has 2 aliphatic rings. The van der Waals surface area contributed by atoms with Crippen LogP contribution in [0.5, 0.6) is 0 Å². The van der Waals surface area contributed by atoms with Crippen LogP contribution in [0.25, 0.3) is 0 Å². The molecule has 1 saturated carbocycles. The number of hydrogen-bond acceptors (Lipinski definition) is 3. The van der Waals surface area contributed by atoms with Gasteiger partial charge < -0.3 is 15.6 Å². The molecule has 0 heterocycles. The van der Waals surface area contributed by atoms with Crippen molar-refractivity contribution < 1.29 is 15.6 Å². The van der Waals surface area contributed by atoms with Gasteiger partial charge in [-0.15, -0.1) is 0 Å². The molecule has 3 rings (SSSR count). The molecular weight excluding hydrogens is 288 g/mol. The van der Waals surface area contributed by atoms with Crippen molar-refractivity contribution in [3.8, 4) is 6.07 Å². The molecule has 4 nitrogen and oxygen atoms in total. The molecule has 3 atom stereocenters. The van der Waals surface area contributed by atoms with Crippen molar-refractivity contribution in [1.29, 1.82) is 5.26 Å². The number of aliphatic carboxylic acids is 1. The Labute approximate surface area is 137 Å². The van der Waals surface area contributed by atoms with Crippen molar-refractivity contribution in [1.82, 2.24) is 0 Å². The van der Waals surface area contributed by atoms with Crippen LogP contribution in [0.15, 0.2) is 42.0 Å². The van der Waals surface area contributed by atoms with Crippen LogP contribution in [0.4, 0.5) is 0 Å². The third-order valence-corrected chi connectivity index (χ3v) is 4.98. The summed E-state index contributed by atoms with van der Waals surface area (Å²) in [5.41, 5.74) is 5.76. The first kappa shape index (κ1) is 17.2. The second-order valence-corrected chi connectivity index (χ2v) is 6.42. The number of nitriles is 1. The van der Waals surface area contributed by atoms with Gasteiger partial charge in [-0.2, -0.15) is 5.26 Å². The van der Waals surface area contributed by atoms with E-state index in [0.29, 0.717) is 5.92 Å². The van der Waals surface area contributed by atoms with Crippen LogP contribution < -0.4 is 10.8 Å². The fraction of sp³-hybridized carbons (Fsp3) is 0.474. The maximum absolute atomic E-state index is 10.6. The third kappa shape index (κ3) is 3.80. The molecule has 2 aliphatic carbocycles. The van der Waals surface area contributed by atoms with Crippen LogP contribution in [-0.2, 0) is 11.3 Å². The third-order valence-electron chi connectivity index (χ3n) is 4.98. The normalized spacial score (nSPS) is 27.6. The monoisotopic (exact) mass is 312 g/mol. The minimum atomic E-state index is -1.10. The molecule has 3 N–H and O–H groups in total. The first-order valence-electron chi connectivity index (χ1n) is 8.18. The molecule has 1 aromatic rings. The highest BCUT2D eigenvalue weighted by atomic mass is 16.4. The van der Waals surface area contributed by atoms with Crippen LogP contribution in [0.2, 0.25) is 0 Å². The smallest absolute Gasteiger partial charge is 0.0997 e. The first-order valence-corrected chi connectivity index (χ1v) is 8.18. The molecule has 0 bridgehead atoms. The minimum absolute atomic E-state index is 0.113. The molecule has 0 saturated heterocycles. The van der Waals surface area contributed by atoms with Crippen LogP contribution in [0.1, 0.15) is 38.2 Å². The Kier molecular flexibility index (Phi) is 5.57. The lowest BCUT2D eigenvalue weighted by Gasteiger charge is -2.47. The molecule has 0 aromatic heterocycles. The SMILES string of the molecule is CCC1=C[C@@H]2[C@H](C1)C[C@]2(C#N)CC(=O)[O-].[NH3+]Cc1ccccc1. The predicted molar refractivity (Wildman–Crippen MR) is 85.3 cm³/mol. The molecule has 1 aromatic carbocycles. The van der Waals surface area contributed by atoms with Crippen LogP contribution in [0.3, 0.4) is 0 Å². The van der Waals surface area contributed by atoms with Crippen molar-refractivity contribution in [3.05, 3.63) is 47.5 Å². The Morgan fingerprint density at radius 1 is 1.43 bits per heavy atom. The van der Waals surface area contributed by atoms with E-state index in [2.05, 4.69) is 36.9 Å². The van der Waals surface area contributed by atoms with E-state index in [0.717, 1.165) is 25.8 Å². The van der Waals surface area contributed by atoms with Gasteiger partial charge >= 0.3 is 0 Å². The highest BCUT2D eigenvalue weighted by Gasteiger charge is 2.55. The van der Waals surface area contributed by atoms with Crippen molar-refractivity contribution in [3.63, 3.8) is 0 Å². The number of hydrogen-bond donors (Lipinski definition) is 1. The van der Waals surface area contributed by atoms with E-state index in [9.17, 15) is 9.90 Å². The predicted octanol–water partition coefficient (Wildman–Crippen LogP) is 1.44. The average Bonchev–Trinajstić information content (AvgIpc) is 2.91. The van der Waals surface area contributed by atoms with E-state index in [4.69, 9.17) is 5.26 Å². The molecule has 0 unspecified atom stereocenters. The number of fused-ring (bicyclic) bond motifs is 1. The summed E-state index contributed by atoms with van der Waals surface area (Å²) in [6.07, 6.45) is 4.80. The van der Waals surface area contributed by atoms with Gasteiger partial charge in [-0.1, -0.05) is 48.9 Å². The Morgan fingerprint density at radius 2 is 2.13 bits per heavy atom. The van der Waals surface area contributed by atoms with E-state index >= 15 is 0 Å². The lowest BCUT2D eigenvalue weighted by molar-refractivity contribution is -0.386. The Hall–Kier alpha value is -2.12. The zero-order chi connectivity index (χ0) is 16.9. The standard InChI is InChI=1S/C12H15NO2.C7H9N/c1-2-8-3-9-5-12(7-13,6-11(14)15)10(9)4-8;8-6-7-4-2-1-3-5-7/h4,9-10H,2-3,5-6H2,1H3,(H,14,15);1-5H,6,8H2/t9-,10-,12-;/m1./s1. The Morgan fingerprint density at radius 3 is 2.61 bits per heavy atom. The van der Waals surface area contributed by atoms with Gasteiger partial charge in [0.25, 0.3) is 0 Å². The number of rotatable bonds is 4. The van der Waals surface area contributed by atoms with Gasteiger partial charge in [-0.25, -0.2) is 0 Å². The first-order chi connectivity index (χ1) is 11.0. The Bertz CT molecular complexity index is 618. The highest BCUT2D eigenvalue weighted by Crippen LogP contribution is 2.59. The van der Waals surface area contributed by atoms with Crippen LogP contribution in [0, 0.1) is 28.6 Å². The summed E-state index contributed by atoms with van der Waals surface area (Å²) in [5.74, 6) is -0.428. The molecule has 122 valence electrons. The molecule has 0 aliphatic heterocycles. The largest absolute Gasteiger partial charge is 0.550 e. The summed E-state index contributed by atoms with van der Waals surface area (Å²) >= 11 is 0. The van der Waals surface area contributed by atoms with Gasteiger partial charge in [0, 0.05) is 18.0 Å². The molecule has 23 heavy (non-hydrogen) atoms. The minimum Gasteiger partial charge on any atom is -0.550 e. The van der Waals surface area contributed by atoms with E-state index in [-0.39, 0.29) is 12.3 Å². The highest BCUT2D eigenvalue weighted by molar-refractivity contribution is 5.66. The van der Waals surface area contributed by atoms with Crippen molar-refractivity contribution in [2.24, 2.45) is 17.3 Å². The summed E-state index contributed by atoms with van der Waals surface area (Å²) in [4.78, 5) is 10.6. The van der Waals surface area contributed by atoms with Crippen molar-refractivity contribution in [2.75, 3.05) is 0 Å². The fourth-order valence-corrected chi connectivity index (χ4v) is 3.69. The zero-order valence-electron chi connectivity index (χ0n) is 13.6. The summed E-state index contributed by atoms with van der Waals surface area (Å²) in [5, 5.41) is 19.7. The molecule has 0 spiro atoms. The van der Waals surface area contributed by atoms with Gasteiger partial charge in [0.15, 0.2) is 0 Å². The number of nitrogens with zero attached hydrogens (tertiary/aromatic N) is 1. The topological polar surface area (TPSA) is 91.6 Å². The number of carboxylic acids is 1. The number of carbonyl (C=O) groups excluding carboxylic acids is 1. The lowest BCUT2D eigenvalue weighted by atomic mass is 9.54. The average molecular weight is 312 g/mol. The molecule has 0 amide bonds. The maximum atomic E-state index is 10.6. The van der Waals surface area contributed by atoms with Crippen LogP contribution >= 0.6 is 0 Å². The van der Waals surface area contributed by atoms with Gasteiger partial charge in [0.05, 0.1) is 18.0 Å². The summed E-state index contributed by atoms with van der Waals surface area (Å²) < 4.78 is 0. The molecule has 4 heteroatoms. The Balaban J connectivity index is 0.000000203. The van der Waals surface area contributed by atoms with Crippen LogP contribution in [-0.4, -0.2) is 5.97 Å². The summed E-state index contributed by atoms with van der Waals surface area (Å²) in [6.45, 7) is 2.99. The number of carboxylic acid groups (broad SMARTS) is 1. The van der Waals surface area contributed by atoms with Gasteiger partial charge in [-0.05, 0) is 31.1 Å².